The summed E-state index contributed by atoms with van der Waals surface area (Å²) in [5.74, 6) is -0.266. The average Bonchev–Trinajstić information content (AvgIpc) is 2.51. The number of hydrogen-bond donors (Lipinski definition) is 4. The summed E-state index contributed by atoms with van der Waals surface area (Å²) in [5, 5.41) is 38.4. The molecule has 1 aliphatic heterocycles. The Morgan fingerprint density at radius 2 is 2.00 bits per heavy atom. The third kappa shape index (κ3) is 4.06. The van der Waals surface area contributed by atoms with Crippen LogP contribution in [0, 0.1) is 5.92 Å². The number of allylic oxidation sites excluding steroid dienone is 3. The molecule has 0 bridgehead atoms. The summed E-state index contributed by atoms with van der Waals surface area (Å²) in [5.41, 5.74) is 1.64. The van der Waals surface area contributed by atoms with Crippen molar-refractivity contribution in [2.45, 2.75) is 51.0 Å². The van der Waals surface area contributed by atoms with Crippen molar-refractivity contribution < 1.29 is 34.7 Å². The molecule has 23 heavy (non-hydrogen) atoms. The Morgan fingerprint density at radius 3 is 2.61 bits per heavy atom. The van der Waals surface area contributed by atoms with E-state index >= 15 is 0 Å². The second-order valence-electron chi connectivity index (χ2n) is 6.15. The van der Waals surface area contributed by atoms with Gasteiger partial charge in [0.2, 0.25) is 0 Å². The quantitative estimate of drug-likeness (QED) is 0.526. The van der Waals surface area contributed by atoms with E-state index in [2.05, 4.69) is 0 Å². The minimum absolute atomic E-state index is 0.0568. The summed E-state index contributed by atoms with van der Waals surface area (Å²) in [6.45, 7) is 3.31. The van der Waals surface area contributed by atoms with Crippen LogP contribution in [0.3, 0.4) is 0 Å². The fourth-order valence-corrected chi connectivity index (χ4v) is 2.72. The van der Waals surface area contributed by atoms with Gasteiger partial charge in [0.1, 0.15) is 24.4 Å². The van der Waals surface area contributed by atoms with Crippen LogP contribution in [0.15, 0.2) is 23.3 Å². The van der Waals surface area contributed by atoms with Gasteiger partial charge in [-0.05, 0) is 19.4 Å². The van der Waals surface area contributed by atoms with Crippen LogP contribution in [0.4, 0.5) is 0 Å². The van der Waals surface area contributed by atoms with Gasteiger partial charge in [-0.1, -0.05) is 18.6 Å². The first-order valence-corrected chi connectivity index (χ1v) is 7.68. The van der Waals surface area contributed by atoms with Crippen LogP contribution in [0.5, 0.6) is 0 Å². The Hall–Kier alpha value is -1.09. The highest BCUT2D eigenvalue weighted by Gasteiger charge is 2.44. The zero-order chi connectivity index (χ0) is 17.1. The van der Waals surface area contributed by atoms with Gasteiger partial charge in [-0.2, -0.15) is 0 Å². The van der Waals surface area contributed by atoms with Crippen LogP contribution in [0.25, 0.3) is 0 Å². The molecule has 0 spiro atoms. The maximum atomic E-state index is 12.0. The van der Waals surface area contributed by atoms with E-state index in [1.807, 2.05) is 19.9 Å². The minimum atomic E-state index is -1.47. The molecular weight excluding hydrogens is 304 g/mol. The van der Waals surface area contributed by atoms with E-state index in [-0.39, 0.29) is 18.3 Å². The van der Waals surface area contributed by atoms with Crippen molar-refractivity contribution in [2.24, 2.45) is 5.92 Å². The monoisotopic (exact) mass is 328 g/mol. The second kappa shape index (κ2) is 7.65. The molecule has 1 heterocycles. The number of ketones is 1. The van der Waals surface area contributed by atoms with Gasteiger partial charge in [0.25, 0.3) is 0 Å². The maximum Gasteiger partial charge on any atom is 0.186 e. The predicted octanol–water partition coefficient (Wildman–Crippen LogP) is -0.716. The summed E-state index contributed by atoms with van der Waals surface area (Å²) in [6, 6.07) is 0. The average molecular weight is 328 g/mol. The number of carbonyl (C=O) groups excluding carboxylic acids is 1. The molecule has 0 radical (unpaired) electrons. The number of hydrogen-bond acceptors (Lipinski definition) is 7. The molecule has 1 saturated heterocycles. The first kappa shape index (κ1) is 18.3. The Morgan fingerprint density at radius 1 is 1.30 bits per heavy atom. The molecule has 2 aliphatic rings. The number of aliphatic hydroxyl groups excluding tert-OH is 4. The van der Waals surface area contributed by atoms with Crippen molar-refractivity contribution in [3.8, 4) is 0 Å². The summed E-state index contributed by atoms with van der Waals surface area (Å²) in [6.07, 6.45) is -2.33. The first-order valence-electron chi connectivity index (χ1n) is 7.68. The SMILES string of the molecule is CC1=CC(=O)C(C(C)COC2OC(CO)C(O)C(O)C2O)=CC1. The van der Waals surface area contributed by atoms with Gasteiger partial charge in [0, 0.05) is 11.5 Å². The lowest BCUT2D eigenvalue weighted by Gasteiger charge is -2.39. The highest BCUT2D eigenvalue weighted by atomic mass is 16.7. The van der Waals surface area contributed by atoms with Crippen molar-refractivity contribution >= 4 is 5.78 Å². The highest BCUT2D eigenvalue weighted by Crippen LogP contribution is 2.25. The maximum absolute atomic E-state index is 12.0. The standard InChI is InChI=1S/C16H24O7/c1-8-3-4-10(11(18)5-8)9(2)7-22-16-15(21)14(20)13(19)12(6-17)23-16/h4-5,9,12-17,19-21H,3,6-7H2,1-2H3. The van der Waals surface area contributed by atoms with E-state index in [9.17, 15) is 20.1 Å². The summed E-state index contributed by atoms with van der Waals surface area (Å²) in [4.78, 5) is 12.0. The highest BCUT2D eigenvalue weighted by molar-refractivity contribution is 6.05. The van der Waals surface area contributed by atoms with Crippen molar-refractivity contribution in [1.82, 2.24) is 0 Å². The first-order chi connectivity index (χ1) is 10.8. The third-order valence-corrected chi connectivity index (χ3v) is 4.20. The third-order valence-electron chi connectivity index (χ3n) is 4.20. The fourth-order valence-electron chi connectivity index (χ4n) is 2.72. The molecule has 130 valence electrons. The van der Waals surface area contributed by atoms with Gasteiger partial charge in [-0.3, -0.25) is 4.79 Å². The molecule has 2 rings (SSSR count). The molecule has 0 saturated carbocycles. The lowest BCUT2D eigenvalue weighted by molar-refractivity contribution is -0.302. The van der Waals surface area contributed by atoms with Crippen LogP contribution in [-0.2, 0) is 14.3 Å². The van der Waals surface area contributed by atoms with Crippen molar-refractivity contribution in [2.75, 3.05) is 13.2 Å². The van der Waals surface area contributed by atoms with E-state index in [0.29, 0.717) is 12.0 Å². The van der Waals surface area contributed by atoms with Crippen molar-refractivity contribution in [3.05, 3.63) is 23.3 Å². The summed E-state index contributed by atoms with van der Waals surface area (Å²) >= 11 is 0. The van der Waals surface area contributed by atoms with Crippen LogP contribution in [-0.4, -0.2) is 70.1 Å². The molecular formula is C16H24O7. The lowest BCUT2D eigenvalue weighted by Crippen LogP contribution is -2.59. The zero-order valence-electron chi connectivity index (χ0n) is 13.3. The number of rotatable bonds is 5. The minimum Gasteiger partial charge on any atom is -0.394 e. The van der Waals surface area contributed by atoms with Crippen LogP contribution in [0.1, 0.15) is 20.3 Å². The van der Waals surface area contributed by atoms with Crippen molar-refractivity contribution in [3.63, 3.8) is 0 Å². The van der Waals surface area contributed by atoms with Crippen LogP contribution >= 0.6 is 0 Å². The largest absolute Gasteiger partial charge is 0.394 e. The summed E-state index contributed by atoms with van der Waals surface area (Å²) < 4.78 is 10.7. The van der Waals surface area contributed by atoms with Gasteiger partial charge in [-0.25, -0.2) is 0 Å². The van der Waals surface area contributed by atoms with Crippen LogP contribution in [0.2, 0.25) is 0 Å². The molecule has 0 amide bonds. The van der Waals surface area contributed by atoms with E-state index in [4.69, 9.17) is 14.6 Å². The molecule has 6 unspecified atom stereocenters. The van der Waals surface area contributed by atoms with Gasteiger partial charge >= 0.3 is 0 Å². The second-order valence-corrected chi connectivity index (χ2v) is 6.15. The molecule has 4 N–H and O–H groups in total. The number of ether oxygens (including phenoxy) is 2. The van der Waals surface area contributed by atoms with Gasteiger partial charge in [0.05, 0.1) is 13.2 Å². The van der Waals surface area contributed by atoms with E-state index in [0.717, 1.165) is 5.57 Å². The zero-order valence-corrected chi connectivity index (χ0v) is 13.3. The molecule has 6 atom stereocenters. The molecule has 7 nitrogen and oxygen atoms in total. The van der Waals surface area contributed by atoms with E-state index in [1.54, 1.807) is 6.08 Å². The molecule has 0 aromatic carbocycles. The summed E-state index contributed by atoms with van der Waals surface area (Å²) in [7, 11) is 0. The van der Waals surface area contributed by atoms with E-state index < -0.39 is 37.3 Å². The van der Waals surface area contributed by atoms with Crippen molar-refractivity contribution in [1.29, 1.82) is 0 Å². The fraction of sp³-hybridized carbons (Fsp3) is 0.688. The normalized spacial score (nSPS) is 36.4. The van der Waals surface area contributed by atoms with Crippen LogP contribution < -0.4 is 0 Å². The van der Waals surface area contributed by atoms with Gasteiger partial charge in [0.15, 0.2) is 12.1 Å². The molecule has 0 aromatic heterocycles. The molecule has 0 aromatic rings. The number of aliphatic hydroxyl groups is 4. The van der Waals surface area contributed by atoms with Gasteiger partial charge < -0.3 is 29.9 Å². The van der Waals surface area contributed by atoms with Gasteiger partial charge in [-0.15, -0.1) is 0 Å². The molecule has 1 fully saturated rings. The molecule has 1 aliphatic carbocycles. The number of carbonyl (C=O) groups is 1. The smallest absolute Gasteiger partial charge is 0.186 e. The topological polar surface area (TPSA) is 116 Å². The predicted molar refractivity (Wildman–Crippen MR) is 80.3 cm³/mol. The Bertz CT molecular complexity index is 497. The molecule has 7 heteroatoms. The Balaban J connectivity index is 1.93. The Kier molecular flexibility index (Phi) is 6.07. The Labute approximate surface area is 134 Å². The lowest BCUT2D eigenvalue weighted by atomic mass is 9.91. The van der Waals surface area contributed by atoms with E-state index in [1.165, 1.54) is 0 Å².